The molecule has 90 valence electrons. The van der Waals surface area contributed by atoms with Crippen LogP contribution in [0.15, 0.2) is 11.6 Å². The number of ether oxygens (including phenoxy) is 1. The van der Waals surface area contributed by atoms with Crippen LogP contribution in [0.4, 0.5) is 0 Å². The van der Waals surface area contributed by atoms with Crippen LogP contribution in [0.2, 0.25) is 0 Å². The van der Waals surface area contributed by atoms with Crippen molar-refractivity contribution in [3.63, 3.8) is 0 Å². The molecule has 0 saturated carbocycles. The van der Waals surface area contributed by atoms with Crippen molar-refractivity contribution in [2.45, 2.75) is 54.4 Å². The van der Waals surface area contributed by atoms with E-state index in [0.717, 1.165) is 12.8 Å². The Balaban J connectivity index is 0. The molecule has 0 radical (unpaired) electrons. The van der Waals surface area contributed by atoms with Gasteiger partial charge in [-0.2, -0.15) is 0 Å². The molecule has 0 aromatic rings. The van der Waals surface area contributed by atoms with Crippen LogP contribution in [0.3, 0.4) is 0 Å². The Kier molecular flexibility index (Phi) is 10.8. The summed E-state index contributed by atoms with van der Waals surface area (Å²) in [5.74, 6) is 0.450. The molecule has 0 aliphatic heterocycles. The van der Waals surface area contributed by atoms with E-state index in [0.29, 0.717) is 12.5 Å². The molecule has 1 atom stereocenters. The van der Waals surface area contributed by atoms with Gasteiger partial charge in [0.2, 0.25) is 0 Å². The summed E-state index contributed by atoms with van der Waals surface area (Å²) < 4.78 is 4.89. The quantitative estimate of drug-likeness (QED) is 0.494. The number of carbonyl (C=O) groups is 1. The van der Waals surface area contributed by atoms with Crippen LogP contribution >= 0.6 is 0 Å². The van der Waals surface area contributed by atoms with Crippen LogP contribution in [0.25, 0.3) is 0 Å². The van der Waals surface area contributed by atoms with Gasteiger partial charge in [0.25, 0.3) is 0 Å². The Hall–Kier alpha value is -0.790. The lowest BCUT2D eigenvalue weighted by Gasteiger charge is -2.09. The fraction of sp³-hybridized carbons (Fsp3) is 0.769. The largest absolute Gasteiger partial charge is 0.466 e. The minimum atomic E-state index is -0.179. The predicted octanol–water partition coefficient (Wildman–Crippen LogP) is 3.96. The zero-order valence-corrected chi connectivity index (χ0v) is 9.80. The summed E-state index contributed by atoms with van der Waals surface area (Å²) in [6.45, 7) is 8.44. The second-order valence-corrected chi connectivity index (χ2v) is 4.09. The second kappa shape index (κ2) is 9.75. The van der Waals surface area contributed by atoms with Crippen LogP contribution in [0, 0.1) is 5.92 Å². The molecule has 0 bridgehead atoms. The minimum Gasteiger partial charge on any atom is -0.466 e. The zero-order valence-electron chi connectivity index (χ0n) is 9.80. The average Bonchev–Trinajstić information content (AvgIpc) is 2.02. The van der Waals surface area contributed by atoms with Gasteiger partial charge in [0.05, 0.1) is 6.61 Å². The first-order chi connectivity index (χ1) is 6.52. The summed E-state index contributed by atoms with van der Waals surface area (Å²) in [5, 5.41) is 0. The van der Waals surface area contributed by atoms with E-state index in [4.69, 9.17) is 4.74 Å². The van der Waals surface area contributed by atoms with E-state index >= 15 is 0 Å². The maximum Gasteiger partial charge on any atom is 0.302 e. The van der Waals surface area contributed by atoms with Crippen LogP contribution in [-0.2, 0) is 9.53 Å². The molecule has 0 aliphatic carbocycles. The highest BCUT2D eigenvalue weighted by Crippen LogP contribution is 2.11. The Morgan fingerprint density at radius 3 is 2.33 bits per heavy atom. The summed E-state index contributed by atoms with van der Waals surface area (Å²) in [7, 11) is 0. The maximum absolute atomic E-state index is 10.5. The Bertz CT molecular complexity index is 191. The molecule has 1 unspecified atom stereocenters. The van der Waals surface area contributed by atoms with Crippen molar-refractivity contribution >= 4 is 5.97 Å². The third kappa shape index (κ3) is 13.2. The van der Waals surface area contributed by atoms with Crippen molar-refractivity contribution in [1.29, 1.82) is 0 Å². The van der Waals surface area contributed by atoms with Crippen molar-refractivity contribution in [3.05, 3.63) is 11.6 Å². The van der Waals surface area contributed by atoms with Gasteiger partial charge in [-0.1, -0.05) is 26.0 Å². The summed E-state index contributed by atoms with van der Waals surface area (Å²) in [6, 6.07) is 0. The van der Waals surface area contributed by atoms with E-state index in [9.17, 15) is 4.79 Å². The van der Waals surface area contributed by atoms with Crippen molar-refractivity contribution in [1.82, 2.24) is 0 Å². The molecular formula is C13H26O2. The first-order valence-corrected chi connectivity index (χ1v) is 5.29. The van der Waals surface area contributed by atoms with E-state index in [1.165, 1.54) is 18.9 Å². The third-order valence-corrected chi connectivity index (χ3v) is 2.13. The van der Waals surface area contributed by atoms with E-state index in [-0.39, 0.29) is 13.4 Å². The second-order valence-electron chi connectivity index (χ2n) is 4.09. The van der Waals surface area contributed by atoms with Crippen LogP contribution in [-0.4, -0.2) is 12.6 Å². The van der Waals surface area contributed by atoms with Crippen LogP contribution in [0.5, 0.6) is 0 Å². The fourth-order valence-electron chi connectivity index (χ4n) is 1.20. The number of rotatable bonds is 6. The summed E-state index contributed by atoms with van der Waals surface area (Å²) in [6.07, 6.45) is 5.52. The third-order valence-electron chi connectivity index (χ3n) is 2.13. The van der Waals surface area contributed by atoms with Gasteiger partial charge in [0, 0.05) is 6.92 Å². The molecule has 0 aromatic heterocycles. The summed E-state index contributed by atoms with van der Waals surface area (Å²) in [5.41, 5.74) is 1.37. The van der Waals surface area contributed by atoms with Crippen molar-refractivity contribution in [2.75, 3.05) is 6.61 Å². The van der Waals surface area contributed by atoms with Gasteiger partial charge in [-0.15, -0.1) is 0 Å². The molecular weight excluding hydrogens is 188 g/mol. The highest BCUT2D eigenvalue weighted by molar-refractivity contribution is 5.65. The van der Waals surface area contributed by atoms with Gasteiger partial charge in [-0.05, 0) is 39.0 Å². The lowest BCUT2D eigenvalue weighted by molar-refractivity contribution is -0.141. The molecule has 0 aromatic carbocycles. The normalized spacial score (nSPS) is 11.2. The zero-order chi connectivity index (χ0) is 11.0. The standard InChI is InChI=1S/C12H22O2.CH4/c1-10(2)6-5-7-11(3)8-9-14-12(4)13;/h6,11H,5,7-9H2,1-4H3;1H4. The maximum atomic E-state index is 10.5. The molecule has 0 spiro atoms. The van der Waals surface area contributed by atoms with Gasteiger partial charge >= 0.3 is 5.97 Å². The van der Waals surface area contributed by atoms with Gasteiger partial charge in [0.15, 0.2) is 0 Å². The lowest BCUT2D eigenvalue weighted by Crippen LogP contribution is -2.05. The molecule has 2 heteroatoms. The molecule has 15 heavy (non-hydrogen) atoms. The molecule has 0 N–H and O–H groups in total. The van der Waals surface area contributed by atoms with E-state index in [2.05, 4.69) is 26.8 Å². The van der Waals surface area contributed by atoms with E-state index in [1.54, 1.807) is 0 Å². The number of carbonyl (C=O) groups excluding carboxylic acids is 1. The smallest absolute Gasteiger partial charge is 0.302 e. The van der Waals surface area contributed by atoms with Crippen molar-refractivity contribution in [3.8, 4) is 0 Å². The van der Waals surface area contributed by atoms with Gasteiger partial charge in [-0.3, -0.25) is 4.79 Å². The number of hydrogen-bond donors (Lipinski definition) is 0. The molecule has 0 rings (SSSR count). The molecule has 0 heterocycles. The van der Waals surface area contributed by atoms with Crippen LogP contribution in [0.1, 0.15) is 54.4 Å². The van der Waals surface area contributed by atoms with Crippen molar-refractivity contribution < 1.29 is 9.53 Å². The average molecular weight is 214 g/mol. The molecule has 0 aliphatic rings. The Morgan fingerprint density at radius 1 is 1.27 bits per heavy atom. The minimum absolute atomic E-state index is 0. The van der Waals surface area contributed by atoms with E-state index in [1.807, 2.05) is 0 Å². The first-order valence-electron chi connectivity index (χ1n) is 5.29. The molecule has 0 fully saturated rings. The molecule has 0 saturated heterocycles. The van der Waals surface area contributed by atoms with Gasteiger partial charge in [0.1, 0.15) is 0 Å². The monoisotopic (exact) mass is 214 g/mol. The Morgan fingerprint density at radius 2 is 1.87 bits per heavy atom. The van der Waals surface area contributed by atoms with Gasteiger partial charge < -0.3 is 4.74 Å². The molecule has 2 nitrogen and oxygen atoms in total. The van der Waals surface area contributed by atoms with E-state index < -0.39 is 0 Å². The first kappa shape index (κ1) is 16.6. The molecule has 0 amide bonds. The number of esters is 1. The number of allylic oxidation sites excluding steroid dienone is 2. The highest BCUT2D eigenvalue weighted by atomic mass is 16.5. The Labute approximate surface area is 94.7 Å². The van der Waals surface area contributed by atoms with Gasteiger partial charge in [-0.25, -0.2) is 0 Å². The highest BCUT2D eigenvalue weighted by Gasteiger charge is 2.01. The summed E-state index contributed by atoms with van der Waals surface area (Å²) >= 11 is 0. The lowest BCUT2D eigenvalue weighted by atomic mass is 10.0. The predicted molar refractivity (Wildman–Crippen MR) is 65.8 cm³/mol. The fourth-order valence-corrected chi connectivity index (χ4v) is 1.20. The summed E-state index contributed by atoms with van der Waals surface area (Å²) in [4.78, 5) is 10.5. The van der Waals surface area contributed by atoms with Crippen molar-refractivity contribution in [2.24, 2.45) is 5.92 Å². The topological polar surface area (TPSA) is 26.3 Å². The SMILES string of the molecule is C.CC(=O)OCCC(C)CCC=C(C)C. The number of hydrogen-bond acceptors (Lipinski definition) is 2. The van der Waals surface area contributed by atoms with Crippen LogP contribution < -0.4 is 0 Å².